The van der Waals surface area contributed by atoms with E-state index in [9.17, 15) is 22.4 Å². The van der Waals surface area contributed by atoms with E-state index in [0.29, 0.717) is 22.6 Å². The molecule has 2 amide bonds. The zero-order chi connectivity index (χ0) is 29.6. The maximum absolute atomic E-state index is 13.9. The molecule has 40 heavy (non-hydrogen) atoms. The maximum atomic E-state index is 13.9. The summed E-state index contributed by atoms with van der Waals surface area (Å²) >= 11 is 6.14. The van der Waals surface area contributed by atoms with Crippen LogP contribution in [0.5, 0.6) is 0 Å². The molecule has 3 aromatic carbocycles. The Morgan fingerprint density at radius 3 is 2.17 bits per heavy atom. The first-order valence-corrected chi connectivity index (χ1v) is 14.8. The molecular formula is C30H35ClFN3O4S. The molecule has 10 heteroatoms. The second-order valence-electron chi connectivity index (χ2n) is 9.90. The van der Waals surface area contributed by atoms with Crippen LogP contribution < -0.4 is 9.62 Å². The Hall–Kier alpha value is -3.43. The fraction of sp³-hybridized carbons (Fsp3) is 0.333. The number of anilines is 1. The van der Waals surface area contributed by atoms with Crippen LogP contribution in [0.4, 0.5) is 10.1 Å². The van der Waals surface area contributed by atoms with Gasteiger partial charge in [0.05, 0.1) is 10.6 Å². The van der Waals surface area contributed by atoms with Crippen LogP contribution in [0.3, 0.4) is 0 Å². The highest BCUT2D eigenvalue weighted by Gasteiger charge is 2.33. The average molecular weight is 588 g/mol. The fourth-order valence-corrected chi connectivity index (χ4v) is 5.79. The van der Waals surface area contributed by atoms with E-state index in [2.05, 4.69) is 5.32 Å². The molecule has 0 aliphatic rings. The summed E-state index contributed by atoms with van der Waals surface area (Å²) in [6.07, 6.45) is 0.697. The predicted molar refractivity (Wildman–Crippen MR) is 156 cm³/mol. The Bertz CT molecular complexity index is 1450. The molecule has 0 fully saturated rings. The van der Waals surface area contributed by atoms with Gasteiger partial charge in [0.2, 0.25) is 11.8 Å². The molecule has 0 saturated heterocycles. The minimum Gasteiger partial charge on any atom is -0.352 e. The van der Waals surface area contributed by atoms with Gasteiger partial charge >= 0.3 is 0 Å². The lowest BCUT2D eigenvalue weighted by molar-refractivity contribution is -0.139. The summed E-state index contributed by atoms with van der Waals surface area (Å²) in [5, 5.41) is 3.31. The zero-order valence-electron chi connectivity index (χ0n) is 23.3. The van der Waals surface area contributed by atoms with Gasteiger partial charge in [-0.25, -0.2) is 12.8 Å². The highest BCUT2D eigenvalue weighted by atomic mass is 35.5. The molecule has 3 rings (SSSR count). The van der Waals surface area contributed by atoms with Crippen LogP contribution in [-0.2, 0) is 26.2 Å². The van der Waals surface area contributed by atoms with E-state index < -0.39 is 34.3 Å². The fourth-order valence-electron chi connectivity index (χ4n) is 4.08. The maximum Gasteiger partial charge on any atom is 0.264 e. The number of amides is 2. The standard InChI is InChI=1S/C30H35ClFN3O4S/c1-6-22(4)33-30(37)23(5)34(18-24-9-12-26(32)13-10-24)29(36)19-35(28-16-11-25(31)17-21(28)3)40(38,39)27-14-7-20(2)8-15-27/h7-17,22-23H,6,18-19H2,1-5H3,(H,33,37)/t22-,23+/m0/s1. The molecule has 7 nitrogen and oxygen atoms in total. The highest BCUT2D eigenvalue weighted by Crippen LogP contribution is 2.29. The molecule has 0 aromatic heterocycles. The number of rotatable bonds is 11. The lowest BCUT2D eigenvalue weighted by Crippen LogP contribution is -2.52. The van der Waals surface area contributed by atoms with Gasteiger partial charge in [-0.2, -0.15) is 0 Å². The van der Waals surface area contributed by atoms with Gasteiger partial charge in [0.15, 0.2) is 0 Å². The second-order valence-corrected chi connectivity index (χ2v) is 12.2. The number of nitrogens with zero attached hydrogens (tertiary/aromatic N) is 2. The smallest absolute Gasteiger partial charge is 0.264 e. The molecule has 0 unspecified atom stereocenters. The largest absolute Gasteiger partial charge is 0.352 e. The number of aryl methyl sites for hydroxylation is 2. The van der Waals surface area contributed by atoms with E-state index in [0.717, 1.165) is 9.87 Å². The van der Waals surface area contributed by atoms with Crippen LogP contribution in [0.1, 0.15) is 43.9 Å². The third-order valence-electron chi connectivity index (χ3n) is 6.75. The Balaban J connectivity index is 2.05. The van der Waals surface area contributed by atoms with Crippen LogP contribution in [-0.4, -0.2) is 43.8 Å². The van der Waals surface area contributed by atoms with Gasteiger partial charge in [-0.3, -0.25) is 13.9 Å². The van der Waals surface area contributed by atoms with Crippen molar-refractivity contribution in [3.05, 3.63) is 94.3 Å². The van der Waals surface area contributed by atoms with Crippen LogP contribution in [0.2, 0.25) is 5.02 Å². The molecule has 0 radical (unpaired) electrons. The van der Waals surface area contributed by atoms with Gasteiger partial charge in [-0.15, -0.1) is 0 Å². The summed E-state index contributed by atoms with van der Waals surface area (Å²) in [4.78, 5) is 28.4. The average Bonchev–Trinajstić information content (AvgIpc) is 2.91. The van der Waals surface area contributed by atoms with Gasteiger partial charge in [0.1, 0.15) is 18.4 Å². The number of benzene rings is 3. The highest BCUT2D eigenvalue weighted by molar-refractivity contribution is 7.92. The number of carbonyl (C=O) groups excluding carboxylic acids is 2. The predicted octanol–water partition coefficient (Wildman–Crippen LogP) is 5.62. The van der Waals surface area contributed by atoms with E-state index in [1.54, 1.807) is 44.2 Å². The second kappa shape index (κ2) is 13.3. The molecule has 0 aliphatic heterocycles. The summed E-state index contributed by atoms with van der Waals surface area (Å²) in [7, 11) is -4.19. The SMILES string of the molecule is CC[C@H](C)NC(=O)[C@@H](C)N(Cc1ccc(F)cc1)C(=O)CN(c1ccc(Cl)cc1C)S(=O)(=O)c1ccc(C)cc1. The Morgan fingerprint density at radius 2 is 1.60 bits per heavy atom. The van der Waals surface area contributed by atoms with Gasteiger partial charge in [0, 0.05) is 17.6 Å². The third kappa shape index (κ3) is 7.61. The number of nitrogens with one attached hydrogen (secondary N) is 1. The topological polar surface area (TPSA) is 86.8 Å². The van der Waals surface area contributed by atoms with Crippen molar-refractivity contribution in [1.82, 2.24) is 10.2 Å². The van der Waals surface area contributed by atoms with Crippen molar-refractivity contribution in [1.29, 1.82) is 0 Å². The first-order chi connectivity index (χ1) is 18.8. The van der Waals surface area contributed by atoms with E-state index >= 15 is 0 Å². The first-order valence-electron chi connectivity index (χ1n) is 13.0. The van der Waals surface area contributed by atoms with Crippen molar-refractivity contribution in [2.75, 3.05) is 10.8 Å². The van der Waals surface area contributed by atoms with Crippen molar-refractivity contribution >= 4 is 39.1 Å². The normalized spacial score (nSPS) is 12.9. The zero-order valence-corrected chi connectivity index (χ0v) is 24.9. The van der Waals surface area contributed by atoms with Crippen LogP contribution >= 0.6 is 11.6 Å². The summed E-state index contributed by atoms with van der Waals surface area (Å²) in [5.74, 6) is -1.40. The molecular weight excluding hydrogens is 553 g/mol. The van der Waals surface area contributed by atoms with Crippen molar-refractivity contribution in [3.63, 3.8) is 0 Å². The lowest BCUT2D eigenvalue weighted by atomic mass is 10.1. The van der Waals surface area contributed by atoms with Crippen LogP contribution in [0.15, 0.2) is 71.6 Å². The summed E-state index contributed by atoms with van der Waals surface area (Å²) in [5.41, 5.74) is 2.32. The number of sulfonamides is 1. The van der Waals surface area contributed by atoms with Gasteiger partial charge in [-0.1, -0.05) is 48.4 Å². The van der Waals surface area contributed by atoms with Crippen molar-refractivity contribution < 1.29 is 22.4 Å². The summed E-state index contributed by atoms with van der Waals surface area (Å²) < 4.78 is 42.5. The van der Waals surface area contributed by atoms with E-state index in [1.807, 2.05) is 20.8 Å². The van der Waals surface area contributed by atoms with Gasteiger partial charge in [0.25, 0.3) is 10.0 Å². The van der Waals surface area contributed by atoms with Crippen LogP contribution in [0, 0.1) is 19.7 Å². The van der Waals surface area contributed by atoms with Crippen molar-refractivity contribution in [3.8, 4) is 0 Å². The Morgan fingerprint density at radius 1 is 0.975 bits per heavy atom. The molecule has 0 bridgehead atoms. The lowest BCUT2D eigenvalue weighted by Gasteiger charge is -2.33. The molecule has 1 N–H and O–H groups in total. The first kappa shape index (κ1) is 31.1. The molecule has 2 atom stereocenters. The van der Waals surface area contributed by atoms with E-state index in [4.69, 9.17) is 11.6 Å². The van der Waals surface area contributed by atoms with Gasteiger partial charge < -0.3 is 10.2 Å². The monoisotopic (exact) mass is 587 g/mol. The number of carbonyl (C=O) groups is 2. The molecule has 0 aliphatic carbocycles. The Labute approximate surface area is 241 Å². The number of halogens is 2. The van der Waals surface area contributed by atoms with Gasteiger partial charge in [-0.05, 0) is 87.7 Å². The van der Waals surface area contributed by atoms with Crippen LogP contribution in [0.25, 0.3) is 0 Å². The number of hydrogen-bond acceptors (Lipinski definition) is 4. The minimum atomic E-state index is -4.19. The van der Waals surface area contributed by atoms with Crippen molar-refractivity contribution in [2.45, 2.75) is 64.6 Å². The van der Waals surface area contributed by atoms with E-state index in [1.165, 1.54) is 41.3 Å². The molecule has 3 aromatic rings. The molecule has 0 spiro atoms. The van der Waals surface area contributed by atoms with E-state index in [-0.39, 0.29) is 29.1 Å². The summed E-state index contributed by atoms with van der Waals surface area (Å²) in [6, 6.07) is 15.6. The Kier molecular flexibility index (Phi) is 10.3. The number of hydrogen-bond donors (Lipinski definition) is 1. The summed E-state index contributed by atoms with van der Waals surface area (Å²) in [6.45, 7) is 8.34. The molecule has 0 saturated carbocycles. The quantitative estimate of drug-likeness (QED) is 0.315. The third-order valence-corrected chi connectivity index (χ3v) is 8.76. The van der Waals surface area contributed by atoms with Crippen molar-refractivity contribution in [2.24, 2.45) is 0 Å². The molecule has 0 heterocycles. The molecule has 214 valence electrons. The minimum absolute atomic E-state index is 0.0212.